The Kier molecular flexibility index (Phi) is 3.78. The number of carbonyl (C=O) groups is 1. The number of carbonyl (C=O) groups excluding carboxylic acids is 1. The summed E-state index contributed by atoms with van der Waals surface area (Å²) in [6, 6.07) is 21.8. The molecule has 0 fully saturated rings. The lowest BCUT2D eigenvalue weighted by Gasteiger charge is -2.07. The van der Waals surface area contributed by atoms with Crippen LogP contribution in [0.15, 0.2) is 76.2 Å². The zero-order chi connectivity index (χ0) is 17.2. The fourth-order valence-corrected chi connectivity index (χ4v) is 2.96. The zero-order valence-corrected chi connectivity index (χ0v) is 13.7. The Hall–Kier alpha value is -3.40. The number of hydrogen-bond acceptors (Lipinski definition) is 3. The lowest BCUT2D eigenvalue weighted by Crippen LogP contribution is -2.16. The van der Waals surface area contributed by atoms with Crippen molar-refractivity contribution < 1.29 is 9.21 Å². The van der Waals surface area contributed by atoms with Crippen molar-refractivity contribution in [2.45, 2.75) is 6.92 Å². The van der Waals surface area contributed by atoms with Crippen molar-refractivity contribution in [3.05, 3.63) is 83.8 Å². The van der Waals surface area contributed by atoms with Gasteiger partial charge in [-0.3, -0.25) is 4.79 Å². The van der Waals surface area contributed by atoms with Gasteiger partial charge in [0.1, 0.15) is 5.76 Å². The molecule has 0 saturated carbocycles. The summed E-state index contributed by atoms with van der Waals surface area (Å²) in [6.45, 7) is 1.79. The van der Waals surface area contributed by atoms with Crippen LogP contribution in [0.4, 0.5) is 0 Å². The van der Waals surface area contributed by atoms with Gasteiger partial charge in [0.2, 0.25) is 0 Å². The van der Waals surface area contributed by atoms with Gasteiger partial charge in [0.05, 0.1) is 6.21 Å². The number of rotatable bonds is 3. The summed E-state index contributed by atoms with van der Waals surface area (Å²) in [7, 11) is 0. The molecule has 4 aromatic rings. The van der Waals surface area contributed by atoms with E-state index in [1.165, 1.54) is 0 Å². The summed E-state index contributed by atoms with van der Waals surface area (Å²) < 4.78 is 5.30. The molecule has 0 spiro atoms. The first kappa shape index (κ1) is 15.1. The van der Waals surface area contributed by atoms with Gasteiger partial charge in [0.15, 0.2) is 5.76 Å². The Labute approximate surface area is 144 Å². The molecule has 1 amide bonds. The Bertz CT molecular complexity index is 1060. The quantitative estimate of drug-likeness (QED) is 0.338. The number of fused-ring (bicyclic) bond motifs is 2. The maximum Gasteiger partial charge on any atom is 0.307 e. The number of amides is 1. The van der Waals surface area contributed by atoms with Gasteiger partial charge in [-0.1, -0.05) is 48.5 Å². The zero-order valence-electron chi connectivity index (χ0n) is 13.7. The van der Waals surface area contributed by atoms with Crippen LogP contribution >= 0.6 is 0 Å². The summed E-state index contributed by atoms with van der Waals surface area (Å²) in [5.41, 5.74) is 3.50. The predicted molar refractivity (Wildman–Crippen MR) is 100.0 cm³/mol. The molecule has 1 N–H and O–H groups in total. The van der Waals surface area contributed by atoms with Crippen LogP contribution in [0.3, 0.4) is 0 Å². The van der Waals surface area contributed by atoms with Crippen molar-refractivity contribution in [3.8, 4) is 0 Å². The number of furan rings is 1. The fourth-order valence-electron chi connectivity index (χ4n) is 2.96. The number of nitrogens with zero attached hydrogens (tertiary/aromatic N) is 1. The van der Waals surface area contributed by atoms with Crippen molar-refractivity contribution in [1.82, 2.24) is 5.43 Å². The molecule has 0 aliphatic heterocycles. The first-order valence-electron chi connectivity index (χ1n) is 8.03. The second-order valence-corrected chi connectivity index (χ2v) is 5.84. The molecular formula is C21H16N2O2. The van der Waals surface area contributed by atoms with Crippen LogP contribution in [0.1, 0.15) is 21.9 Å². The molecule has 0 unspecified atom stereocenters. The molecule has 122 valence electrons. The van der Waals surface area contributed by atoms with Crippen LogP contribution in [-0.2, 0) is 0 Å². The summed E-state index contributed by atoms with van der Waals surface area (Å²) in [4.78, 5) is 12.1. The third-order valence-electron chi connectivity index (χ3n) is 4.14. The van der Waals surface area contributed by atoms with E-state index in [2.05, 4.69) is 40.9 Å². The van der Waals surface area contributed by atoms with E-state index < -0.39 is 0 Å². The van der Waals surface area contributed by atoms with Crippen molar-refractivity contribution >= 4 is 33.7 Å². The van der Waals surface area contributed by atoms with E-state index in [0.717, 1.165) is 27.1 Å². The minimum absolute atomic E-state index is 0.248. The molecule has 3 aromatic carbocycles. The number of aryl methyl sites for hydroxylation is 1. The van der Waals surface area contributed by atoms with Gasteiger partial charge in [-0.2, -0.15) is 5.10 Å². The topological polar surface area (TPSA) is 54.6 Å². The van der Waals surface area contributed by atoms with Gasteiger partial charge in [-0.25, -0.2) is 5.43 Å². The Morgan fingerprint density at radius 1 is 0.960 bits per heavy atom. The number of hydrogen-bond donors (Lipinski definition) is 1. The van der Waals surface area contributed by atoms with Gasteiger partial charge < -0.3 is 4.42 Å². The van der Waals surface area contributed by atoms with Crippen LogP contribution in [0, 0.1) is 6.92 Å². The summed E-state index contributed by atoms with van der Waals surface area (Å²) in [5.74, 6) is 0.570. The largest absolute Gasteiger partial charge is 0.456 e. The Balaban J connectivity index is 1.73. The highest BCUT2D eigenvalue weighted by molar-refractivity contribution is 6.13. The highest BCUT2D eigenvalue weighted by Gasteiger charge is 2.09. The molecular weight excluding hydrogens is 312 g/mol. The van der Waals surface area contributed by atoms with E-state index in [1.807, 2.05) is 24.3 Å². The SMILES string of the molecule is Cc1ccc(C(=O)N/N=C\c2c3ccccc3cc3ccccc23)o1. The normalized spacial score (nSPS) is 11.4. The Morgan fingerprint density at radius 3 is 2.20 bits per heavy atom. The van der Waals surface area contributed by atoms with E-state index in [9.17, 15) is 4.79 Å². The third-order valence-corrected chi connectivity index (χ3v) is 4.14. The molecule has 0 saturated heterocycles. The smallest absolute Gasteiger partial charge is 0.307 e. The van der Waals surface area contributed by atoms with Gasteiger partial charge in [-0.15, -0.1) is 0 Å². The third kappa shape index (κ3) is 2.90. The second-order valence-electron chi connectivity index (χ2n) is 5.84. The van der Waals surface area contributed by atoms with Crippen LogP contribution < -0.4 is 5.43 Å². The van der Waals surface area contributed by atoms with Crippen LogP contribution in [0.5, 0.6) is 0 Å². The molecule has 4 nitrogen and oxygen atoms in total. The lowest BCUT2D eigenvalue weighted by molar-refractivity contribution is 0.0926. The Morgan fingerprint density at radius 2 is 1.60 bits per heavy atom. The molecule has 1 aromatic heterocycles. The monoisotopic (exact) mass is 328 g/mol. The van der Waals surface area contributed by atoms with E-state index in [-0.39, 0.29) is 11.7 Å². The average molecular weight is 328 g/mol. The van der Waals surface area contributed by atoms with Crippen molar-refractivity contribution in [2.24, 2.45) is 5.10 Å². The molecule has 0 radical (unpaired) electrons. The minimum Gasteiger partial charge on any atom is -0.456 e. The second kappa shape index (κ2) is 6.24. The standard InChI is InChI=1S/C21H16N2O2/c1-14-10-11-20(25-14)21(24)23-22-13-19-17-8-4-2-6-15(17)12-16-7-3-5-9-18(16)19/h2-13H,1H3,(H,23,24)/b22-13-. The van der Waals surface area contributed by atoms with Crippen LogP contribution in [-0.4, -0.2) is 12.1 Å². The van der Waals surface area contributed by atoms with Gasteiger partial charge in [-0.05, 0) is 46.7 Å². The van der Waals surface area contributed by atoms with E-state index in [1.54, 1.807) is 25.3 Å². The molecule has 4 heteroatoms. The summed E-state index contributed by atoms with van der Waals surface area (Å²) in [5, 5.41) is 8.59. The molecule has 0 aliphatic carbocycles. The number of benzene rings is 3. The highest BCUT2D eigenvalue weighted by Crippen LogP contribution is 2.27. The van der Waals surface area contributed by atoms with Gasteiger partial charge in [0.25, 0.3) is 0 Å². The maximum absolute atomic E-state index is 12.1. The summed E-state index contributed by atoms with van der Waals surface area (Å²) >= 11 is 0. The average Bonchev–Trinajstić information content (AvgIpc) is 3.07. The van der Waals surface area contributed by atoms with Crippen LogP contribution in [0.25, 0.3) is 21.5 Å². The van der Waals surface area contributed by atoms with Gasteiger partial charge >= 0.3 is 5.91 Å². The first-order valence-corrected chi connectivity index (χ1v) is 8.03. The molecule has 4 rings (SSSR count). The van der Waals surface area contributed by atoms with Crippen molar-refractivity contribution in [2.75, 3.05) is 0 Å². The molecule has 0 aliphatic rings. The summed E-state index contributed by atoms with van der Waals surface area (Å²) in [6.07, 6.45) is 1.69. The molecule has 0 atom stereocenters. The van der Waals surface area contributed by atoms with Gasteiger partial charge in [0, 0.05) is 5.56 Å². The van der Waals surface area contributed by atoms with E-state index in [4.69, 9.17) is 4.42 Å². The molecule has 25 heavy (non-hydrogen) atoms. The van der Waals surface area contributed by atoms with E-state index in [0.29, 0.717) is 5.76 Å². The highest BCUT2D eigenvalue weighted by atomic mass is 16.3. The molecule has 0 bridgehead atoms. The van der Waals surface area contributed by atoms with Crippen molar-refractivity contribution in [1.29, 1.82) is 0 Å². The maximum atomic E-state index is 12.1. The molecule has 1 heterocycles. The number of nitrogens with one attached hydrogen (secondary N) is 1. The van der Waals surface area contributed by atoms with E-state index >= 15 is 0 Å². The minimum atomic E-state index is -0.367. The van der Waals surface area contributed by atoms with Crippen LogP contribution in [0.2, 0.25) is 0 Å². The first-order chi connectivity index (χ1) is 12.2. The predicted octanol–water partition coefficient (Wildman–Crippen LogP) is 4.66. The van der Waals surface area contributed by atoms with Crippen molar-refractivity contribution in [3.63, 3.8) is 0 Å². The lowest BCUT2D eigenvalue weighted by atomic mass is 9.97. The number of hydrazone groups is 1. The fraction of sp³-hybridized carbons (Fsp3) is 0.0476.